The lowest BCUT2D eigenvalue weighted by Crippen LogP contribution is -2.37. The molecule has 0 amide bonds. The van der Waals surface area contributed by atoms with Crippen LogP contribution in [0.25, 0.3) is 11.0 Å². The SMILES string of the molecule is O=c1[nH]c(=O)c2c(=O)[nH]c(=O)n(CCO)c2[nH]1. The van der Waals surface area contributed by atoms with E-state index in [9.17, 15) is 19.2 Å². The van der Waals surface area contributed by atoms with Gasteiger partial charge >= 0.3 is 11.4 Å². The molecule has 0 spiro atoms. The zero-order valence-electron chi connectivity index (χ0n) is 8.44. The molecule has 0 aliphatic rings. The number of fused-ring (bicyclic) bond motifs is 1. The molecule has 17 heavy (non-hydrogen) atoms. The lowest BCUT2D eigenvalue weighted by molar-refractivity contribution is 0.275. The Morgan fingerprint density at radius 3 is 2.29 bits per heavy atom. The lowest BCUT2D eigenvalue weighted by atomic mass is 10.4. The Bertz CT molecular complexity index is 779. The Labute approximate surface area is 91.4 Å². The van der Waals surface area contributed by atoms with E-state index in [0.29, 0.717) is 0 Å². The summed E-state index contributed by atoms with van der Waals surface area (Å²) >= 11 is 0. The Morgan fingerprint density at radius 1 is 1.00 bits per heavy atom. The quantitative estimate of drug-likeness (QED) is 0.444. The third-order valence-electron chi connectivity index (χ3n) is 2.21. The molecule has 2 rings (SSSR count). The van der Waals surface area contributed by atoms with E-state index in [2.05, 4.69) is 4.98 Å². The fourth-order valence-electron chi connectivity index (χ4n) is 1.53. The van der Waals surface area contributed by atoms with Crippen LogP contribution >= 0.6 is 0 Å². The van der Waals surface area contributed by atoms with Crippen molar-refractivity contribution in [2.45, 2.75) is 6.54 Å². The Hall–Kier alpha value is -2.42. The topological polar surface area (TPSA) is 141 Å². The van der Waals surface area contributed by atoms with Gasteiger partial charge in [0.1, 0.15) is 11.0 Å². The number of aromatic amines is 3. The summed E-state index contributed by atoms with van der Waals surface area (Å²) in [5, 5.41) is 8.42. The van der Waals surface area contributed by atoms with E-state index in [1.807, 2.05) is 9.97 Å². The number of aliphatic hydroxyl groups is 1. The molecule has 0 unspecified atom stereocenters. The second-order valence-corrected chi connectivity index (χ2v) is 3.27. The van der Waals surface area contributed by atoms with Crippen LogP contribution in [0.2, 0.25) is 0 Å². The minimum atomic E-state index is -0.892. The molecule has 0 aliphatic carbocycles. The summed E-state index contributed by atoms with van der Waals surface area (Å²) in [6.07, 6.45) is 0. The van der Waals surface area contributed by atoms with Crippen molar-refractivity contribution in [3.8, 4) is 0 Å². The summed E-state index contributed by atoms with van der Waals surface area (Å²) in [6.45, 7) is -0.526. The summed E-state index contributed by atoms with van der Waals surface area (Å²) in [5.41, 5.74) is -3.63. The summed E-state index contributed by atoms with van der Waals surface area (Å²) in [4.78, 5) is 51.3. The second kappa shape index (κ2) is 3.87. The lowest BCUT2D eigenvalue weighted by Gasteiger charge is -2.05. The predicted molar refractivity (Wildman–Crippen MR) is 57.2 cm³/mol. The van der Waals surface area contributed by atoms with Crippen LogP contribution in [0.5, 0.6) is 0 Å². The van der Waals surface area contributed by atoms with Crippen molar-refractivity contribution >= 4 is 11.0 Å². The summed E-state index contributed by atoms with van der Waals surface area (Å²) in [6, 6.07) is 0. The zero-order chi connectivity index (χ0) is 12.6. The second-order valence-electron chi connectivity index (χ2n) is 3.27. The molecule has 2 aromatic heterocycles. The normalized spacial score (nSPS) is 10.9. The van der Waals surface area contributed by atoms with Gasteiger partial charge in [-0.05, 0) is 0 Å². The van der Waals surface area contributed by atoms with Crippen molar-refractivity contribution in [3.05, 3.63) is 41.7 Å². The van der Waals surface area contributed by atoms with Gasteiger partial charge in [0, 0.05) is 0 Å². The van der Waals surface area contributed by atoms with Crippen molar-refractivity contribution in [2.24, 2.45) is 0 Å². The van der Waals surface area contributed by atoms with Crippen LogP contribution in [0.15, 0.2) is 19.2 Å². The van der Waals surface area contributed by atoms with Gasteiger partial charge in [-0.15, -0.1) is 0 Å². The van der Waals surface area contributed by atoms with Gasteiger partial charge in [0.2, 0.25) is 0 Å². The van der Waals surface area contributed by atoms with Crippen LogP contribution in [-0.2, 0) is 6.54 Å². The van der Waals surface area contributed by atoms with Gasteiger partial charge in [0.05, 0.1) is 13.2 Å². The van der Waals surface area contributed by atoms with E-state index in [-0.39, 0.29) is 24.2 Å². The molecule has 4 N–H and O–H groups in total. The number of nitrogens with one attached hydrogen (secondary N) is 3. The number of rotatable bonds is 2. The first-order valence-electron chi connectivity index (χ1n) is 4.65. The van der Waals surface area contributed by atoms with Crippen LogP contribution in [0.3, 0.4) is 0 Å². The average Bonchev–Trinajstić information content (AvgIpc) is 2.22. The maximum atomic E-state index is 11.4. The Morgan fingerprint density at radius 2 is 1.65 bits per heavy atom. The number of hydrogen-bond donors (Lipinski definition) is 4. The van der Waals surface area contributed by atoms with Gasteiger partial charge in [0.25, 0.3) is 11.1 Å². The fraction of sp³-hybridized carbons (Fsp3) is 0.250. The molecular formula is C8H8N4O5. The first-order chi connectivity index (χ1) is 8.04. The molecule has 0 aliphatic heterocycles. The van der Waals surface area contributed by atoms with Crippen LogP contribution in [0, 0.1) is 0 Å². The monoisotopic (exact) mass is 240 g/mol. The first kappa shape index (κ1) is 11.1. The first-order valence-corrected chi connectivity index (χ1v) is 4.65. The highest BCUT2D eigenvalue weighted by Crippen LogP contribution is 1.94. The number of nitrogens with zero attached hydrogens (tertiary/aromatic N) is 1. The average molecular weight is 240 g/mol. The maximum absolute atomic E-state index is 11.4. The molecule has 0 fully saturated rings. The molecule has 0 aromatic carbocycles. The van der Waals surface area contributed by atoms with Gasteiger partial charge in [-0.1, -0.05) is 0 Å². The highest BCUT2D eigenvalue weighted by molar-refractivity contribution is 5.71. The summed E-state index contributed by atoms with van der Waals surface area (Å²) in [7, 11) is 0. The van der Waals surface area contributed by atoms with Gasteiger partial charge in [-0.25, -0.2) is 9.59 Å². The fourth-order valence-corrected chi connectivity index (χ4v) is 1.53. The molecule has 2 aromatic rings. The number of aromatic nitrogens is 4. The van der Waals surface area contributed by atoms with E-state index in [1.54, 1.807) is 0 Å². The summed E-state index contributed by atoms with van der Waals surface area (Å²) < 4.78 is 0.910. The number of hydrogen-bond acceptors (Lipinski definition) is 5. The third kappa shape index (κ3) is 1.72. The van der Waals surface area contributed by atoms with Crippen molar-refractivity contribution in [1.29, 1.82) is 0 Å². The highest BCUT2D eigenvalue weighted by atomic mass is 16.3. The van der Waals surface area contributed by atoms with Crippen LogP contribution in [-0.4, -0.2) is 31.2 Å². The van der Waals surface area contributed by atoms with E-state index in [1.165, 1.54) is 0 Å². The molecule has 0 atom stereocenters. The highest BCUT2D eigenvalue weighted by Gasteiger charge is 2.11. The Balaban J connectivity index is 3.11. The van der Waals surface area contributed by atoms with Crippen molar-refractivity contribution in [2.75, 3.05) is 6.61 Å². The molecule has 0 radical (unpaired) electrons. The van der Waals surface area contributed by atoms with Gasteiger partial charge in [0.15, 0.2) is 0 Å². The van der Waals surface area contributed by atoms with Crippen molar-refractivity contribution in [1.82, 2.24) is 19.5 Å². The van der Waals surface area contributed by atoms with E-state index < -0.39 is 22.5 Å². The van der Waals surface area contributed by atoms with Crippen molar-refractivity contribution in [3.63, 3.8) is 0 Å². The molecule has 2 heterocycles. The van der Waals surface area contributed by atoms with Crippen LogP contribution < -0.4 is 22.5 Å². The maximum Gasteiger partial charge on any atom is 0.330 e. The minimum Gasteiger partial charge on any atom is -0.395 e. The molecule has 0 bridgehead atoms. The van der Waals surface area contributed by atoms with E-state index in [0.717, 1.165) is 4.57 Å². The smallest absolute Gasteiger partial charge is 0.330 e. The molecule has 0 saturated heterocycles. The van der Waals surface area contributed by atoms with Crippen LogP contribution in [0.4, 0.5) is 0 Å². The summed E-state index contributed by atoms with van der Waals surface area (Å²) in [5.74, 6) is 0. The molecular weight excluding hydrogens is 232 g/mol. The predicted octanol–water partition coefficient (Wildman–Crippen LogP) is -2.94. The van der Waals surface area contributed by atoms with Crippen LogP contribution in [0.1, 0.15) is 0 Å². The standard InChI is InChI=1S/C8H8N4O5/c13-2-1-12-4-3(6(15)11-8(12)17)5(14)10-7(16)9-4/h13H,1-2H2,(H,11,15,17)(H2,9,10,14,16). The van der Waals surface area contributed by atoms with E-state index >= 15 is 0 Å². The largest absolute Gasteiger partial charge is 0.395 e. The molecule has 9 nitrogen and oxygen atoms in total. The van der Waals surface area contributed by atoms with Gasteiger partial charge in [-0.2, -0.15) is 0 Å². The number of H-pyrrole nitrogens is 3. The minimum absolute atomic E-state index is 0.147. The van der Waals surface area contributed by atoms with Gasteiger partial charge < -0.3 is 5.11 Å². The van der Waals surface area contributed by atoms with Gasteiger partial charge in [-0.3, -0.25) is 29.1 Å². The molecule has 0 saturated carbocycles. The third-order valence-corrected chi connectivity index (χ3v) is 2.21. The zero-order valence-corrected chi connectivity index (χ0v) is 8.44. The molecule has 9 heteroatoms. The number of aliphatic hydroxyl groups excluding tert-OH is 1. The Kier molecular flexibility index (Phi) is 2.52. The van der Waals surface area contributed by atoms with Crippen molar-refractivity contribution < 1.29 is 5.11 Å². The van der Waals surface area contributed by atoms with E-state index in [4.69, 9.17) is 5.11 Å². The molecule has 90 valence electrons.